The molecule has 1 aromatic rings. The van der Waals surface area contributed by atoms with Crippen molar-refractivity contribution in [1.29, 1.82) is 0 Å². The molecule has 102 valence electrons. The number of aliphatic imine (C=N–C) groups is 1. The Hall–Kier alpha value is -1.84. The van der Waals surface area contributed by atoms with Gasteiger partial charge in [-0.1, -0.05) is 18.6 Å². The van der Waals surface area contributed by atoms with Gasteiger partial charge in [-0.15, -0.1) is 0 Å². The van der Waals surface area contributed by atoms with E-state index in [-0.39, 0.29) is 11.8 Å². The molecule has 1 N–H and O–H groups in total. The first-order valence-electron chi connectivity index (χ1n) is 6.70. The number of amides is 1. The lowest BCUT2D eigenvalue weighted by molar-refractivity contribution is -0.122. The van der Waals surface area contributed by atoms with Gasteiger partial charge in [0.2, 0.25) is 5.91 Å². The molecule has 0 unspecified atom stereocenters. The zero-order valence-corrected chi connectivity index (χ0v) is 11.8. The van der Waals surface area contributed by atoms with Crippen LogP contribution < -0.4 is 10.2 Å². The molecule has 0 heterocycles. The molecule has 0 radical (unpaired) electrons. The van der Waals surface area contributed by atoms with E-state index in [1.54, 1.807) is 7.05 Å². The highest BCUT2D eigenvalue weighted by Gasteiger charge is 2.25. The molecule has 19 heavy (non-hydrogen) atoms. The zero-order valence-electron chi connectivity index (χ0n) is 11.8. The first-order valence-corrected chi connectivity index (χ1v) is 6.70. The molecule has 0 aliphatic heterocycles. The van der Waals surface area contributed by atoms with Gasteiger partial charge in [-0.3, -0.25) is 9.79 Å². The molecule has 4 nitrogen and oxygen atoms in total. The molecule has 0 aromatic heterocycles. The Labute approximate surface area is 114 Å². The number of hydrogen-bond donors (Lipinski definition) is 1. The number of para-hydroxylation sites is 2. The van der Waals surface area contributed by atoms with Crippen molar-refractivity contribution in [3.63, 3.8) is 0 Å². The van der Waals surface area contributed by atoms with E-state index in [4.69, 9.17) is 0 Å². The van der Waals surface area contributed by atoms with E-state index in [0.717, 1.165) is 30.1 Å². The molecule has 0 atom stereocenters. The SMILES string of the molecule is CN=C(C)N(C)c1ccccc1NC(=O)C1CCC1. The number of anilines is 2. The maximum atomic E-state index is 12.0. The summed E-state index contributed by atoms with van der Waals surface area (Å²) in [6.07, 6.45) is 3.19. The van der Waals surface area contributed by atoms with Gasteiger partial charge in [0.05, 0.1) is 17.2 Å². The number of hydrogen-bond acceptors (Lipinski definition) is 2. The van der Waals surface area contributed by atoms with Gasteiger partial charge in [0.15, 0.2) is 0 Å². The van der Waals surface area contributed by atoms with Crippen LogP contribution in [0.25, 0.3) is 0 Å². The number of carbonyl (C=O) groups excluding carboxylic acids is 1. The fourth-order valence-electron chi connectivity index (χ4n) is 2.10. The second-order valence-electron chi connectivity index (χ2n) is 4.96. The Morgan fingerprint density at radius 3 is 2.63 bits per heavy atom. The van der Waals surface area contributed by atoms with Crippen molar-refractivity contribution < 1.29 is 4.79 Å². The van der Waals surface area contributed by atoms with E-state index >= 15 is 0 Å². The maximum Gasteiger partial charge on any atom is 0.227 e. The number of nitrogens with one attached hydrogen (secondary N) is 1. The second kappa shape index (κ2) is 5.87. The third-order valence-electron chi connectivity index (χ3n) is 3.81. The molecule has 0 saturated heterocycles. The first-order chi connectivity index (χ1) is 9.13. The average molecular weight is 259 g/mol. The van der Waals surface area contributed by atoms with Crippen LogP contribution in [0.3, 0.4) is 0 Å². The molecule has 1 amide bonds. The maximum absolute atomic E-state index is 12.0. The predicted molar refractivity (Wildman–Crippen MR) is 79.8 cm³/mol. The topological polar surface area (TPSA) is 44.7 Å². The molecule has 1 aromatic carbocycles. The van der Waals surface area contributed by atoms with Gasteiger partial charge >= 0.3 is 0 Å². The van der Waals surface area contributed by atoms with Gasteiger partial charge in [0.25, 0.3) is 0 Å². The third kappa shape index (κ3) is 2.95. The van der Waals surface area contributed by atoms with Crippen LogP contribution in [0, 0.1) is 5.92 Å². The summed E-state index contributed by atoms with van der Waals surface area (Å²) in [7, 11) is 3.72. The van der Waals surface area contributed by atoms with Gasteiger partial charge in [0.1, 0.15) is 0 Å². The number of nitrogens with zero attached hydrogens (tertiary/aromatic N) is 2. The molecule has 0 bridgehead atoms. The van der Waals surface area contributed by atoms with E-state index in [0.29, 0.717) is 0 Å². The summed E-state index contributed by atoms with van der Waals surface area (Å²) in [5, 5.41) is 3.04. The molecule has 1 aliphatic rings. The van der Waals surface area contributed by atoms with Crippen LogP contribution in [0.4, 0.5) is 11.4 Å². The van der Waals surface area contributed by atoms with Gasteiger partial charge in [0, 0.05) is 20.0 Å². The highest BCUT2D eigenvalue weighted by Crippen LogP contribution is 2.30. The van der Waals surface area contributed by atoms with E-state index in [2.05, 4.69) is 10.3 Å². The summed E-state index contributed by atoms with van der Waals surface area (Å²) < 4.78 is 0. The molecular weight excluding hydrogens is 238 g/mol. The van der Waals surface area contributed by atoms with Crippen molar-refractivity contribution in [3.8, 4) is 0 Å². The predicted octanol–water partition coefficient (Wildman–Crippen LogP) is 2.91. The number of rotatable bonds is 3. The Morgan fingerprint density at radius 1 is 1.37 bits per heavy atom. The number of benzene rings is 1. The standard InChI is InChI=1S/C15H21N3O/c1-11(16-2)18(3)14-10-5-4-9-13(14)17-15(19)12-7-6-8-12/h4-5,9-10,12H,6-8H2,1-3H3,(H,17,19). The Balaban J connectivity index is 2.18. The largest absolute Gasteiger partial charge is 0.332 e. The van der Waals surface area contributed by atoms with Crippen LogP contribution in [-0.4, -0.2) is 25.8 Å². The van der Waals surface area contributed by atoms with Crippen molar-refractivity contribution in [1.82, 2.24) is 0 Å². The minimum Gasteiger partial charge on any atom is -0.332 e. The van der Waals surface area contributed by atoms with E-state index in [1.165, 1.54) is 6.42 Å². The Morgan fingerprint density at radius 2 is 2.05 bits per heavy atom. The fourth-order valence-corrected chi connectivity index (χ4v) is 2.10. The van der Waals surface area contributed by atoms with Crippen LogP contribution in [0.5, 0.6) is 0 Å². The Bertz CT molecular complexity index is 492. The summed E-state index contributed by atoms with van der Waals surface area (Å²) in [4.78, 5) is 18.2. The highest BCUT2D eigenvalue weighted by atomic mass is 16.1. The van der Waals surface area contributed by atoms with Crippen molar-refractivity contribution in [2.45, 2.75) is 26.2 Å². The summed E-state index contributed by atoms with van der Waals surface area (Å²) in [6, 6.07) is 7.83. The van der Waals surface area contributed by atoms with Crippen molar-refractivity contribution in [3.05, 3.63) is 24.3 Å². The smallest absolute Gasteiger partial charge is 0.227 e. The van der Waals surface area contributed by atoms with Gasteiger partial charge in [-0.05, 0) is 31.9 Å². The van der Waals surface area contributed by atoms with Crippen LogP contribution >= 0.6 is 0 Å². The molecule has 2 rings (SSSR count). The van der Waals surface area contributed by atoms with E-state index < -0.39 is 0 Å². The van der Waals surface area contributed by atoms with Crippen LogP contribution in [0.2, 0.25) is 0 Å². The molecular formula is C15H21N3O. The quantitative estimate of drug-likeness (QED) is 0.670. The summed E-state index contributed by atoms with van der Waals surface area (Å²) in [5.41, 5.74) is 1.82. The minimum atomic E-state index is 0.137. The van der Waals surface area contributed by atoms with Gasteiger partial charge in [-0.25, -0.2) is 0 Å². The third-order valence-corrected chi connectivity index (χ3v) is 3.81. The zero-order chi connectivity index (χ0) is 13.8. The lowest BCUT2D eigenvalue weighted by Crippen LogP contribution is -2.30. The van der Waals surface area contributed by atoms with E-state index in [1.807, 2.05) is 43.1 Å². The van der Waals surface area contributed by atoms with Crippen molar-refractivity contribution >= 4 is 23.1 Å². The van der Waals surface area contributed by atoms with Crippen molar-refractivity contribution in [2.75, 3.05) is 24.3 Å². The summed E-state index contributed by atoms with van der Waals surface area (Å²) in [6.45, 7) is 1.95. The summed E-state index contributed by atoms with van der Waals surface area (Å²) in [5.74, 6) is 1.24. The minimum absolute atomic E-state index is 0.137. The van der Waals surface area contributed by atoms with Crippen LogP contribution in [0.15, 0.2) is 29.3 Å². The number of carbonyl (C=O) groups is 1. The molecule has 4 heteroatoms. The highest BCUT2D eigenvalue weighted by molar-refractivity contribution is 6.02. The van der Waals surface area contributed by atoms with Crippen LogP contribution in [-0.2, 0) is 4.79 Å². The summed E-state index contributed by atoms with van der Waals surface area (Å²) >= 11 is 0. The molecule has 0 spiro atoms. The van der Waals surface area contributed by atoms with Gasteiger partial charge in [-0.2, -0.15) is 0 Å². The number of amidine groups is 1. The van der Waals surface area contributed by atoms with Gasteiger partial charge < -0.3 is 10.2 Å². The normalized spacial score (nSPS) is 15.8. The average Bonchev–Trinajstić information content (AvgIpc) is 2.35. The molecule has 1 fully saturated rings. The lowest BCUT2D eigenvalue weighted by atomic mass is 9.85. The first kappa shape index (κ1) is 13.6. The van der Waals surface area contributed by atoms with E-state index in [9.17, 15) is 4.79 Å². The molecule has 1 saturated carbocycles. The second-order valence-corrected chi connectivity index (χ2v) is 4.96. The van der Waals surface area contributed by atoms with Crippen LogP contribution in [0.1, 0.15) is 26.2 Å². The lowest BCUT2D eigenvalue weighted by Gasteiger charge is -2.26. The van der Waals surface area contributed by atoms with Crippen molar-refractivity contribution in [2.24, 2.45) is 10.9 Å². The molecule has 1 aliphatic carbocycles. The Kier molecular flexibility index (Phi) is 4.20. The monoisotopic (exact) mass is 259 g/mol. The fraction of sp³-hybridized carbons (Fsp3) is 0.467.